The fourth-order valence-corrected chi connectivity index (χ4v) is 4.45. The van der Waals surface area contributed by atoms with Crippen molar-refractivity contribution in [2.24, 2.45) is 0 Å². The minimum absolute atomic E-state index is 0.172. The first-order chi connectivity index (χ1) is 15.1. The molecule has 0 spiro atoms. The number of amides is 2. The van der Waals surface area contributed by atoms with Crippen LogP contribution in [-0.2, 0) is 13.1 Å². The van der Waals surface area contributed by atoms with Gasteiger partial charge in [-0.2, -0.15) is 0 Å². The lowest BCUT2D eigenvalue weighted by Crippen LogP contribution is -2.43. The number of urea groups is 1. The Balaban J connectivity index is 1.55. The van der Waals surface area contributed by atoms with E-state index in [-0.39, 0.29) is 17.9 Å². The van der Waals surface area contributed by atoms with Crippen molar-refractivity contribution in [2.45, 2.75) is 51.2 Å². The Morgan fingerprint density at radius 1 is 1.06 bits per heavy atom. The summed E-state index contributed by atoms with van der Waals surface area (Å²) in [6.07, 6.45) is 7.44. The smallest absolute Gasteiger partial charge is 0.322 e. The first kappa shape index (κ1) is 21.4. The Morgan fingerprint density at radius 2 is 1.87 bits per heavy atom. The van der Waals surface area contributed by atoms with Crippen LogP contribution in [0.5, 0.6) is 0 Å². The van der Waals surface area contributed by atoms with Gasteiger partial charge in [-0.05, 0) is 54.8 Å². The van der Waals surface area contributed by atoms with Gasteiger partial charge < -0.3 is 14.8 Å². The third-order valence-electron chi connectivity index (χ3n) is 5.91. The molecule has 1 saturated carbocycles. The predicted molar refractivity (Wildman–Crippen MR) is 123 cm³/mol. The van der Waals surface area contributed by atoms with Gasteiger partial charge in [0.2, 0.25) is 0 Å². The zero-order valence-electron chi connectivity index (χ0n) is 17.4. The molecule has 3 aromatic rings. The van der Waals surface area contributed by atoms with Crippen LogP contribution in [0.25, 0.3) is 0 Å². The van der Waals surface area contributed by atoms with E-state index in [1.165, 1.54) is 18.6 Å². The molecular formula is C25H27ClFN3O. The number of carbonyl (C=O) groups is 1. The van der Waals surface area contributed by atoms with Gasteiger partial charge in [0, 0.05) is 35.2 Å². The van der Waals surface area contributed by atoms with Crippen LogP contribution in [0.2, 0.25) is 5.02 Å². The van der Waals surface area contributed by atoms with Crippen LogP contribution in [0.1, 0.15) is 43.4 Å². The van der Waals surface area contributed by atoms with Gasteiger partial charge in [-0.3, -0.25) is 0 Å². The van der Waals surface area contributed by atoms with Gasteiger partial charge in [0.1, 0.15) is 5.82 Å². The summed E-state index contributed by atoms with van der Waals surface area (Å²) in [7, 11) is 0. The summed E-state index contributed by atoms with van der Waals surface area (Å²) in [5, 5.41) is 3.62. The first-order valence-corrected chi connectivity index (χ1v) is 11.2. The number of nitrogens with one attached hydrogen (secondary N) is 1. The summed E-state index contributed by atoms with van der Waals surface area (Å²) in [5.41, 5.74) is 2.55. The fourth-order valence-electron chi connectivity index (χ4n) is 4.25. The molecule has 0 radical (unpaired) electrons. The molecule has 1 heterocycles. The molecule has 1 fully saturated rings. The van der Waals surface area contributed by atoms with Crippen molar-refractivity contribution in [3.8, 4) is 0 Å². The number of benzene rings is 2. The molecule has 162 valence electrons. The van der Waals surface area contributed by atoms with Crippen LogP contribution in [0, 0.1) is 5.82 Å². The Morgan fingerprint density at radius 3 is 2.65 bits per heavy atom. The lowest BCUT2D eigenvalue weighted by molar-refractivity contribution is 0.161. The van der Waals surface area contributed by atoms with E-state index < -0.39 is 0 Å². The molecule has 2 amide bonds. The molecule has 6 heteroatoms. The second kappa shape index (κ2) is 10.0. The molecule has 2 aromatic carbocycles. The summed E-state index contributed by atoms with van der Waals surface area (Å²) >= 11 is 6.36. The van der Waals surface area contributed by atoms with Gasteiger partial charge in [0.25, 0.3) is 0 Å². The molecule has 0 bridgehead atoms. The number of anilines is 1. The van der Waals surface area contributed by atoms with Crippen molar-refractivity contribution >= 4 is 23.3 Å². The van der Waals surface area contributed by atoms with E-state index in [2.05, 4.69) is 9.88 Å². The van der Waals surface area contributed by atoms with Gasteiger partial charge in [-0.15, -0.1) is 0 Å². The molecule has 0 saturated heterocycles. The average molecular weight is 440 g/mol. The van der Waals surface area contributed by atoms with Crippen molar-refractivity contribution < 1.29 is 9.18 Å². The molecule has 0 aliphatic heterocycles. The topological polar surface area (TPSA) is 37.3 Å². The van der Waals surface area contributed by atoms with Gasteiger partial charge in [-0.1, -0.05) is 55.1 Å². The normalized spacial score (nSPS) is 14.4. The SMILES string of the molecule is O=C(Nc1cccc(F)c1)N(Cc1cccn1Cc1ccccc1Cl)C1CCCCC1. The molecule has 1 aliphatic rings. The van der Waals surface area contributed by atoms with Crippen molar-refractivity contribution in [3.05, 3.63) is 89.0 Å². The summed E-state index contributed by atoms with van der Waals surface area (Å²) in [4.78, 5) is 15.1. The molecule has 1 aliphatic carbocycles. The first-order valence-electron chi connectivity index (χ1n) is 10.8. The Hall–Kier alpha value is -2.79. The minimum Gasteiger partial charge on any atom is -0.345 e. The Labute approximate surface area is 187 Å². The summed E-state index contributed by atoms with van der Waals surface area (Å²) in [6.45, 7) is 1.13. The molecule has 0 atom stereocenters. The lowest BCUT2D eigenvalue weighted by atomic mass is 9.94. The van der Waals surface area contributed by atoms with Gasteiger partial charge in [-0.25, -0.2) is 9.18 Å². The highest BCUT2D eigenvalue weighted by atomic mass is 35.5. The van der Waals surface area contributed by atoms with Crippen LogP contribution in [0.3, 0.4) is 0 Å². The second-order valence-electron chi connectivity index (χ2n) is 8.08. The Kier molecular flexibility index (Phi) is 6.92. The van der Waals surface area contributed by atoms with Gasteiger partial charge >= 0.3 is 6.03 Å². The highest BCUT2D eigenvalue weighted by Gasteiger charge is 2.26. The molecule has 4 nitrogen and oxygen atoms in total. The number of aromatic nitrogens is 1. The summed E-state index contributed by atoms with van der Waals surface area (Å²) in [6, 6.07) is 17.8. The number of hydrogen-bond acceptors (Lipinski definition) is 1. The predicted octanol–water partition coefficient (Wildman–Crippen LogP) is 6.70. The third-order valence-corrected chi connectivity index (χ3v) is 6.28. The third kappa shape index (κ3) is 5.47. The summed E-state index contributed by atoms with van der Waals surface area (Å²) < 4.78 is 15.7. The maximum Gasteiger partial charge on any atom is 0.322 e. The van der Waals surface area contributed by atoms with Crippen molar-refractivity contribution in [2.75, 3.05) is 5.32 Å². The molecule has 0 unspecified atom stereocenters. The highest BCUT2D eigenvalue weighted by Crippen LogP contribution is 2.26. The number of hydrogen-bond donors (Lipinski definition) is 1. The van der Waals surface area contributed by atoms with E-state index in [4.69, 9.17) is 11.6 Å². The van der Waals surface area contributed by atoms with E-state index in [0.29, 0.717) is 18.8 Å². The van der Waals surface area contributed by atoms with Crippen LogP contribution < -0.4 is 5.32 Å². The van der Waals surface area contributed by atoms with E-state index in [0.717, 1.165) is 42.0 Å². The van der Waals surface area contributed by atoms with Gasteiger partial charge in [0.05, 0.1) is 6.54 Å². The highest BCUT2D eigenvalue weighted by molar-refractivity contribution is 6.31. The number of nitrogens with zero attached hydrogens (tertiary/aromatic N) is 2. The van der Waals surface area contributed by atoms with E-state index in [9.17, 15) is 9.18 Å². The van der Waals surface area contributed by atoms with Crippen molar-refractivity contribution in [1.29, 1.82) is 0 Å². The van der Waals surface area contributed by atoms with Crippen molar-refractivity contribution in [3.63, 3.8) is 0 Å². The van der Waals surface area contributed by atoms with Crippen LogP contribution in [-0.4, -0.2) is 21.5 Å². The van der Waals surface area contributed by atoms with E-state index in [1.54, 1.807) is 12.1 Å². The average Bonchev–Trinajstić information content (AvgIpc) is 3.21. The molecule has 4 rings (SSSR count). The zero-order chi connectivity index (χ0) is 21.6. The van der Waals surface area contributed by atoms with Crippen LogP contribution in [0.4, 0.5) is 14.9 Å². The molecule has 1 aromatic heterocycles. The zero-order valence-corrected chi connectivity index (χ0v) is 18.2. The maximum atomic E-state index is 13.6. The monoisotopic (exact) mass is 439 g/mol. The van der Waals surface area contributed by atoms with Crippen molar-refractivity contribution in [1.82, 2.24) is 9.47 Å². The molecule has 31 heavy (non-hydrogen) atoms. The van der Waals surface area contributed by atoms with E-state index >= 15 is 0 Å². The fraction of sp³-hybridized carbons (Fsp3) is 0.320. The molecular weight excluding hydrogens is 413 g/mol. The van der Waals surface area contributed by atoms with Crippen LogP contribution >= 0.6 is 11.6 Å². The Bertz CT molecular complexity index is 1030. The van der Waals surface area contributed by atoms with E-state index in [1.807, 2.05) is 47.5 Å². The largest absolute Gasteiger partial charge is 0.345 e. The number of carbonyl (C=O) groups excluding carboxylic acids is 1. The standard InChI is InChI=1S/C25H27ClFN3O/c26-24-14-5-4-8-19(24)17-29-15-7-13-23(29)18-30(22-11-2-1-3-12-22)25(31)28-21-10-6-9-20(27)16-21/h4-10,13-16,22H,1-3,11-12,17-18H2,(H,28,31). The van der Waals surface area contributed by atoms with Gasteiger partial charge in [0.15, 0.2) is 0 Å². The van der Waals surface area contributed by atoms with Crippen LogP contribution in [0.15, 0.2) is 66.9 Å². The minimum atomic E-state index is -0.365. The quantitative estimate of drug-likeness (QED) is 0.456. The molecule has 1 N–H and O–H groups in total. The number of halogens is 2. The second-order valence-corrected chi connectivity index (χ2v) is 8.49. The lowest BCUT2D eigenvalue weighted by Gasteiger charge is -2.34. The maximum absolute atomic E-state index is 13.6. The number of rotatable bonds is 6. The summed E-state index contributed by atoms with van der Waals surface area (Å²) in [5.74, 6) is -0.365.